The Morgan fingerprint density at radius 3 is 2.84 bits per heavy atom. The molecule has 19 heavy (non-hydrogen) atoms. The Balaban J connectivity index is 2.10. The lowest BCUT2D eigenvalue weighted by Gasteiger charge is -2.23. The highest BCUT2D eigenvalue weighted by atomic mass is 35.5. The molecular weight excluding hydrogens is 267 g/mol. The maximum atomic E-state index is 14.2. The Kier molecular flexibility index (Phi) is 5.34. The van der Waals surface area contributed by atoms with Gasteiger partial charge in [0.05, 0.1) is 5.69 Å². The van der Waals surface area contributed by atoms with Crippen molar-refractivity contribution in [2.75, 3.05) is 43.5 Å². The van der Waals surface area contributed by atoms with Crippen molar-refractivity contribution in [3.63, 3.8) is 0 Å². The topological polar surface area (TPSA) is 32.3 Å². The molecule has 0 atom stereocenters. The first kappa shape index (κ1) is 14.5. The molecule has 0 aromatic carbocycles. The average Bonchev–Trinajstić information content (AvgIpc) is 2.65. The molecule has 1 aromatic rings. The Morgan fingerprint density at radius 2 is 2.11 bits per heavy atom. The van der Waals surface area contributed by atoms with Gasteiger partial charge in [-0.1, -0.05) is 6.92 Å². The summed E-state index contributed by atoms with van der Waals surface area (Å²) in [5.41, 5.74) is 0.492. The van der Waals surface area contributed by atoms with Gasteiger partial charge in [-0.3, -0.25) is 0 Å². The lowest BCUT2D eigenvalue weighted by Crippen LogP contribution is -2.32. The lowest BCUT2D eigenvalue weighted by molar-refractivity contribution is 0.311. The van der Waals surface area contributed by atoms with Crippen LogP contribution in [0.1, 0.15) is 19.0 Å². The van der Waals surface area contributed by atoms with Crippen LogP contribution < -0.4 is 4.90 Å². The van der Waals surface area contributed by atoms with Gasteiger partial charge in [0.2, 0.25) is 0 Å². The number of nitrogens with zero attached hydrogens (tertiary/aromatic N) is 4. The molecule has 0 unspecified atom stereocenters. The number of aryl methyl sites for hydroxylation is 1. The molecule has 0 aliphatic carbocycles. The van der Waals surface area contributed by atoms with Crippen molar-refractivity contribution in [3.8, 4) is 0 Å². The molecule has 1 fully saturated rings. The van der Waals surface area contributed by atoms with Crippen LogP contribution in [-0.2, 0) is 6.42 Å². The van der Waals surface area contributed by atoms with E-state index in [-0.39, 0.29) is 5.82 Å². The van der Waals surface area contributed by atoms with Gasteiger partial charge in [-0.25, -0.2) is 14.4 Å². The van der Waals surface area contributed by atoms with Crippen molar-refractivity contribution >= 4 is 17.4 Å². The zero-order chi connectivity index (χ0) is 13.7. The summed E-state index contributed by atoms with van der Waals surface area (Å²) >= 11 is 5.77. The molecule has 6 heteroatoms. The molecule has 0 saturated carbocycles. The first-order valence-corrected chi connectivity index (χ1v) is 7.32. The Hall–Kier alpha value is -0.940. The predicted molar refractivity (Wildman–Crippen MR) is 75.4 cm³/mol. The van der Waals surface area contributed by atoms with Gasteiger partial charge in [-0.2, -0.15) is 0 Å². The molecule has 1 aliphatic rings. The minimum atomic E-state index is -0.268. The normalized spacial score (nSPS) is 17.5. The van der Waals surface area contributed by atoms with E-state index in [4.69, 9.17) is 11.6 Å². The highest BCUT2D eigenvalue weighted by molar-refractivity contribution is 6.18. The maximum absolute atomic E-state index is 14.2. The summed E-state index contributed by atoms with van der Waals surface area (Å²) in [7, 11) is 0. The van der Waals surface area contributed by atoms with Gasteiger partial charge in [-0.15, -0.1) is 11.6 Å². The Bertz CT molecular complexity index is 416. The predicted octanol–water partition coefficient (Wildman–Crippen LogP) is 1.93. The van der Waals surface area contributed by atoms with Crippen LogP contribution in [0, 0.1) is 5.82 Å². The van der Waals surface area contributed by atoms with E-state index in [0.29, 0.717) is 23.8 Å². The number of rotatable bonds is 4. The third kappa shape index (κ3) is 3.54. The molecule has 2 heterocycles. The van der Waals surface area contributed by atoms with Crippen LogP contribution in [0.25, 0.3) is 0 Å². The van der Waals surface area contributed by atoms with Gasteiger partial charge < -0.3 is 9.80 Å². The van der Waals surface area contributed by atoms with Crippen LogP contribution in [0.4, 0.5) is 10.2 Å². The van der Waals surface area contributed by atoms with E-state index in [0.717, 1.165) is 39.1 Å². The molecule has 0 amide bonds. The van der Waals surface area contributed by atoms with E-state index < -0.39 is 0 Å². The zero-order valence-electron chi connectivity index (χ0n) is 11.3. The van der Waals surface area contributed by atoms with Crippen LogP contribution >= 0.6 is 11.6 Å². The fourth-order valence-corrected chi connectivity index (χ4v) is 2.63. The summed E-state index contributed by atoms with van der Waals surface area (Å²) in [4.78, 5) is 12.4. The highest BCUT2D eigenvalue weighted by Gasteiger charge is 2.20. The smallest absolute Gasteiger partial charge is 0.187 e. The number of hydrogen-bond acceptors (Lipinski definition) is 4. The minimum absolute atomic E-state index is 0.268. The van der Waals surface area contributed by atoms with Crippen LogP contribution in [0.3, 0.4) is 0 Å². The zero-order valence-corrected chi connectivity index (χ0v) is 12.0. The molecule has 1 aromatic heterocycles. The fraction of sp³-hybridized carbons (Fsp3) is 0.692. The van der Waals surface area contributed by atoms with E-state index in [2.05, 4.69) is 14.9 Å². The molecule has 106 valence electrons. The summed E-state index contributed by atoms with van der Waals surface area (Å²) < 4.78 is 14.2. The summed E-state index contributed by atoms with van der Waals surface area (Å²) in [6.07, 6.45) is 3.05. The SMILES string of the molecule is CCc1ncnc(N2CCCN(CCCl)CC2)c1F. The van der Waals surface area contributed by atoms with Crippen molar-refractivity contribution in [2.45, 2.75) is 19.8 Å². The van der Waals surface area contributed by atoms with Gasteiger partial charge >= 0.3 is 0 Å². The largest absolute Gasteiger partial charge is 0.353 e. The highest BCUT2D eigenvalue weighted by Crippen LogP contribution is 2.19. The van der Waals surface area contributed by atoms with Crippen LogP contribution in [0.2, 0.25) is 0 Å². The van der Waals surface area contributed by atoms with Crippen molar-refractivity contribution in [3.05, 3.63) is 17.8 Å². The number of anilines is 1. The Morgan fingerprint density at radius 1 is 1.26 bits per heavy atom. The van der Waals surface area contributed by atoms with Crippen LogP contribution in [-0.4, -0.2) is 53.5 Å². The maximum Gasteiger partial charge on any atom is 0.187 e. The number of alkyl halides is 1. The fourth-order valence-electron chi connectivity index (χ4n) is 2.39. The first-order valence-electron chi connectivity index (χ1n) is 6.79. The molecule has 1 aliphatic heterocycles. The van der Waals surface area contributed by atoms with Gasteiger partial charge in [0.15, 0.2) is 11.6 Å². The molecule has 0 N–H and O–H groups in total. The van der Waals surface area contributed by atoms with Gasteiger partial charge in [0.25, 0.3) is 0 Å². The Labute approximate surface area is 118 Å². The molecule has 0 spiro atoms. The second-order valence-corrected chi connectivity index (χ2v) is 5.06. The van der Waals surface area contributed by atoms with Crippen LogP contribution in [0.15, 0.2) is 6.33 Å². The molecule has 1 saturated heterocycles. The summed E-state index contributed by atoms with van der Waals surface area (Å²) in [5.74, 6) is 0.817. The average molecular weight is 287 g/mol. The molecule has 2 rings (SSSR count). The second kappa shape index (κ2) is 7.01. The lowest BCUT2D eigenvalue weighted by atomic mass is 10.3. The molecule has 4 nitrogen and oxygen atoms in total. The molecule has 0 radical (unpaired) electrons. The summed E-state index contributed by atoms with van der Waals surface area (Å²) in [6.45, 7) is 6.32. The van der Waals surface area contributed by atoms with Crippen molar-refractivity contribution < 1.29 is 4.39 Å². The van der Waals surface area contributed by atoms with E-state index in [1.807, 2.05) is 11.8 Å². The molecular formula is C13H20ClFN4. The number of aromatic nitrogens is 2. The third-order valence-electron chi connectivity index (χ3n) is 3.47. The van der Waals surface area contributed by atoms with E-state index in [1.54, 1.807) is 0 Å². The van der Waals surface area contributed by atoms with E-state index >= 15 is 0 Å². The summed E-state index contributed by atoms with van der Waals surface area (Å²) in [6, 6.07) is 0. The first-order chi connectivity index (χ1) is 9.26. The van der Waals surface area contributed by atoms with Crippen LogP contribution in [0.5, 0.6) is 0 Å². The monoisotopic (exact) mass is 286 g/mol. The quantitative estimate of drug-likeness (QED) is 0.792. The summed E-state index contributed by atoms with van der Waals surface area (Å²) in [5, 5.41) is 0. The van der Waals surface area contributed by atoms with E-state index in [1.165, 1.54) is 6.33 Å². The van der Waals surface area contributed by atoms with Gasteiger partial charge in [-0.05, 0) is 19.4 Å². The van der Waals surface area contributed by atoms with Crippen molar-refractivity contribution in [1.82, 2.24) is 14.9 Å². The standard InChI is InChI=1S/C13H20ClFN4/c1-2-11-12(15)13(17-10-16-11)19-6-3-5-18(7-4-14)8-9-19/h10H,2-9H2,1H3. The van der Waals surface area contributed by atoms with E-state index in [9.17, 15) is 4.39 Å². The van der Waals surface area contributed by atoms with Crippen molar-refractivity contribution in [2.24, 2.45) is 0 Å². The molecule has 0 bridgehead atoms. The number of hydrogen-bond donors (Lipinski definition) is 0. The van der Waals surface area contributed by atoms with Gasteiger partial charge in [0.1, 0.15) is 6.33 Å². The third-order valence-corrected chi connectivity index (χ3v) is 3.64. The van der Waals surface area contributed by atoms with Crippen molar-refractivity contribution in [1.29, 1.82) is 0 Å². The number of halogens is 2. The minimum Gasteiger partial charge on any atom is -0.353 e. The second-order valence-electron chi connectivity index (χ2n) is 4.68. The van der Waals surface area contributed by atoms with Gasteiger partial charge in [0, 0.05) is 32.1 Å².